The molecular formula is C18H20ClFN2O5S. The van der Waals surface area contributed by atoms with Crippen molar-refractivity contribution in [2.75, 3.05) is 6.26 Å². The predicted octanol–water partition coefficient (Wildman–Crippen LogP) is 2.32. The van der Waals surface area contributed by atoms with E-state index in [1.807, 2.05) is 0 Å². The SMILES string of the molecule is Cc1c(-c2cccc(Cl)c2F)ccn(CC[C@](C)(C(=O)NO)S(C)(=O)=O)c1=O. The van der Waals surface area contributed by atoms with Gasteiger partial charge in [0, 0.05) is 30.1 Å². The van der Waals surface area contributed by atoms with Crippen molar-refractivity contribution < 1.29 is 22.8 Å². The van der Waals surface area contributed by atoms with E-state index in [1.165, 1.54) is 48.3 Å². The first kappa shape index (κ1) is 22.1. The highest BCUT2D eigenvalue weighted by molar-refractivity contribution is 7.92. The van der Waals surface area contributed by atoms with Gasteiger partial charge >= 0.3 is 0 Å². The first-order chi connectivity index (χ1) is 12.9. The Bertz CT molecular complexity index is 1080. The molecule has 1 amide bonds. The van der Waals surface area contributed by atoms with Crippen molar-refractivity contribution in [3.63, 3.8) is 0 Å². The number of benzene rings is 1. The molecule has 2 rings (SSSR count). The number of sulfone groups is 1. The number of hydrogen-bond donors (Lipinski definition) is 2. The Kier molecular flexibility index (Phi) is 6.32. The summed E-state index contributed by atoms with van der Waals surface area (Å²) >= 11 is 5.80. The van der Waals surface area contributed by atoms with Crippen LogP contribution in [-0.4, -0.2) is 35.1 Å². The van der Waals surface area contributed by atoms with Crippen LogP contribution in [0.3, 0.4) is 0 Å². The van der Waals surface area contributed by atoms with Crippen LogP contribution in [0.2, 0.25) is 5.02 Å². The number of carbonyl (C=O) groups excluding carboxylic acids is 1. The molecule has 7 nitrogen and oxygen atoms in total. The van der Waals surface area contributed by atoms with Gasteiger partial charge in [-0.2, -0.15) is 0 Å². The maximum Gasteiger partial charge on any atom is 0.264 e. The molecule has 0 aliphatic rings. The molecule has 0 saturated heterocycles. The fraction of sp³-hybridized carbons (Fsp3) is 0.333. The molecular weight excluding hydrogens is 411 g/mol. The van der Waals surface area contributed by atoms with Crippen molar-refractivity contribution >= 4 is 27.3 Å². The number of nitrogens with zero attached hydrogens (tertiary/aromatic N) is 1. The number of pyridine rings is 1. The van der Waals surface area contributed by atoms with E-state index in [2.05, 4.69) is 0 Å². The average molecular weight is 431 g/mol. The third-order valence-corrected chi connectivity index (χ3v) is 7.20. The van der Waals surface area contributed by atoms with E-state index in [1.54, 1.807) is 6.07 Å². The third kappa shape index (κ3) is 3.96. The van der Waals surface area contributed by atoms with E-state index in [0.29, 0.717) is 5.56 Å². The van der Waals surface area contributed by atoms with Crippen LogP contribution in [0, 0.1) is 12.7 Å². The minimum atomic E-state index is -3.88. The largest absolute Gasteiger partial charge is 0.315 e. The van der Waals surface area contributed by atoms with Gasteiger partial charge < -0.3 is 4.57 Å². The second-order valence-corrected chi connectivity index (χ2v) is 9.50. The summed E-state index contributed by atoms with van der Waals surface area (Å²) < 4.78 is 37.6. The van der Waals surface area contributed by atoms with Gasteiger partial charge in [-0.15, -0.1) is 0 Å². The van der Waals surface area contributed by atoms with Crippen LogP contribution in [0.5, 0.6) is 0 Å². The van der Waals surface area contributed by atoms with E-state index < -0.39 is 31.9 Å². The van der Waals surface area contributed by atoms with E-state index in [4.69, 9.17) is 16.8 Å². The van der Waals surface area contributed by atoms with Gasteiger partial charge in [-0.25, -0.2) is 18.3 Å². The standard InChI is InChI=1S/C18H20ClFN2O5S/c1-11-12(13-5-4-6-14(19)15(13)20)7-9-22(16(11)23)10-8-18(2,17(24)21-25)28(3,26)27/h4-7,9,25H,8,10H2,1-3H3,(H,21,24)/t18-/m1/s1. The van der Waals surface area contributed by atoms with E-state index >= 15 is 0 Å². The molecule has 0 spiro atoms. The Morgan fingerprint density at radius 2 is 1.96 bits per heavy atom. The van der Waals surface area contributed by atoms with Gasteiger partial charge in [0.1, 0.15) is 5.82 Å². The molecule has 1 atom stereocenters. The smallest absolute Gasteiger partial charge is 0.264 e. The molecule has 1 heterocycles. The van der Waals surface area contributed by atoms with Crippen molar-refractivity contribution in [3.05, 3.63) is 57.2 Å². The van der Waals surface area contributed by atoms with Crippen LogP contribution in [0.4, 0.5) is 4.39 Å². The van der Waals surface area contributed by atoms with Crippen molar-refractivity contribution in [2.24, 2.45) is 0 Å². The summed E-state index contributed by atoms with van der Waals surface area (Å²) in [6.07, 6.45) is 2.02. The fourth-order valence-electron chi connectivity index (χ4n) is 2.79. The monoisotopic (exact) mass is 430 g/mol. The molecule has 2 N–H and O–H groups in total. The van der Waals surface area contributed by atoms with E-state index in [9.17, 15) is 22.4 Å². The van der Waals surface area contributed by atoms with Gasteiger partial charge in [-0.3, -0.25) is 14.8 Å². The Labute approximate surface area is 166 Å². The van der Waals surface area contributed by atoms with Crippen LogP contribution in [-0.2, 0) is 21.2 Å². The fourth-order valence-corrected chi connectivity index (χ4v) is 3.81. The van der Waals surface area contributed by atoms with Crippen molar-refractivity contribution in [1.82, 2.24) is 10.0 Å². The molecule has 152 valence electrons. The molecule has 0 radical (unpaired) electrons. The Morgan fingerprint density at radius 1 is 1.32 bits per heavy atom. The summed E-state index contributed by atoms with van der Waals surface area (Å²) in [7, 11) is -3.88. The number of halogens is 2. The zero-order valence-electron chi connectivity index (χ0n) is 15.5. The molecule has 0 fully saturated rings. The molecule has 0 unspecified atom stereocenters. The first-order valence-electron chi connectivity index (χ1n) is 8.22. The predicted molar refractivity (Wildman–Crippen MR) is 104 cm³/mol. The Hall–Kier alpha value is -2.23. The highest BCUT2D eigenvalue weighted by Gasteiger charge is 2.43. The van der Waals surface area contributed by atoms with Gasteiger partial charge in [0.25, 0.3) is 11.5 Å². The van der Waals surface area contributed by atoms with Crippen LogP contribution in [0.1, 0.15) is 18.9 Å². The van der Waals surface area contributed by atoms with Gasteiger partial charge in [-0.1, -0.05) is 23.7 Å². The van der Waals surface area contributed by atoms with Crippen molar-refractivity contribution in [1.29, 1.82) is 0 Å². The maximum atomic E-state index is 14.3. The lowest BCUT2D eigenvalue weighted by molar-refractivity contribution is -0.131. The number of nitrogens with one attached hydrogen (secondary N) is 1. The topological polar surface area (TPSA) is 105 Å². The minimum absolute atomic E-state index is 0.0694. The number of rotatable bonds is 6. The average Bonchev–Trinajstić information content (AvgIpc) is 2.63. The van der Waals surface area contributed by atoms with E-state index in [-0.39, 0.29) is 29.1 Å². The molecule has 2 aromatic rings. The second kappa shape index (κ2) is 8.02. The molecule has 1 aromatic heterocycles. The number of amides is 1. The summed E-state index contributed by atoms with van der Waals surface area (Å²) in [6.45, 7) is 2.58. The number of hydrogen-bond acceptors (Lipinski definition) is 5. The van der Waals surface area contributed by atoms with Crippen LogP contribution in [0.15, 0.2) is 35.3 Å². The zero-order chi connectivity index (χ0) is 21.3. The Balaban J connectivity index is 2.42. The molecule has 0 aliphatic heterocycles. The minimum Gasteiger partial charge on any atom is -0.315 e. The van der Waals surface area contributed by atoms with Crippen molar-refractivity contribution in [3.8, 4) is 11.1 Å². The summed E-state index contributed by atoms with van der Waals surface area (Å²) in [5, 5.41) is 8.79. The van der Waals surface area contributed by atoms with Crippen molar-refractivity contribution in [2.45, 2.75) is 31.6 Å². The summed E-state index contributed by atoms with van der Waals surface area (Å²) in [5.74, 6) is -1.73. The maximum absolute atomic E-state index is 14.3. The first-order valence-corrected chi connectivity index (χ1v) is 10.5. The number of aryl methyl sites for hydroxylation is 1. The summed E-state index contributed by atoms with van der Waals surface area (Å²) in [5.41, 5.74) is 1.68. The molecule has 28 heavy (non-hydrogen) atoms. The summed E-state index contributed by atoms with van der Waals surface area (Å²) in [4.78, 5) is 24.6. The quantitative estimate of drug-likeness (QED) is 0.540. The lowest BCUT2D eigenvalue weighted by Gasteiger charge is -2.25. The molecule has 0 bridgehead atoms. The van der Waals surface area contributed by atoms with Crippen LogP contribution in [0.25, 0.3) is 11.1 Å². The highest BCUT2D eigenvalue weighted by atomic mass is 35.5. The molecule has 0 saturated carbocycles. The number of carbonyl (C=O) groups is 1. The lowest BCUT2D eigenvalue weighted by Crippen LogP contribution is -2.50. The van der Waals surface area contributed by atoms with Crippen LogP contribution >= 0.6 is 11.6 Å². The van der Waals surface area contributed by atoms with Gasteiger partial charge in [0.2, 0.25) is 0 Å². The Morgan fingerprint density at radius 3 is 2.54 bits per heavy atom. The van der Waals surface area contributed by atoms with E-state index in [0.717, 1.165) is 6.26 Å². The van der Waals surface area contributed by atoms with Crippen LogP contribution < -0.4 is 11.0 Å². The normalized spacial score (nSPS) is 13.8. The molecule has 10 heteroatoms. The third-order valence-electron chi connectivity index (χ3n) is 4.88. The van der Waals surface area contributed by atoms with Gasteiger partial charge in [0.05, 0.1) is 5.02 Å². The highest BCUT2D eigenvalue weighted by Crippen LogP contribution is 2.29. The molecule has 0 aliphatic carbocycles. The van der Waals surface area contributed by atoms with Gasteiger partial charge in [0.15, 0.2) is 14.6 Å². The molecule has 1 aromatic carbocycles. The summed E-state index contributed by atoms with van der Waals surface area (Å²) in [6, 6.07) is 5.99. The van der Waals surface area contributed by atoms with Gasteiger partial charge in [-0.05, 0) is 38.0 Å². The number of aromatic nitrogens is 1. The number of hydroxylamine groups is 1. The lowest BCUT2D eigenvalue weighted by atomic mass is 10.0. The second-order valence-electron chi connectivity index (χ2n) is 6.65. The zero-order valence-corrected chi connectivity index (χ0v) is 17.1.